The van der Waals surface area contributed by atoms with Crippen molar-refractivity contribution in [3.8, 4) is 5.75 Å². The average molecular weight is 226 g/mol. The molecular formula is C8H8BClN2O3. The Balaban J connectivity index is 2.54. The topological polar surface area (TPSA) is 67.5 Å². The van der Waals surface area contributed by atoms with E-state index in [2.05, 4.69) is 5.10 Å². The minimum atomic E-state index is -1.88. The normalized spacial score (nSPS) is 10.7. The number of aryl methyl sites for hydroxylation is 1. The molecule has 7 heteroatoms. The molecule has 0 amide bonds. The molecule has 2 N–H and O–H groups in total. The van der Waals surface area contributed by atoms with Gasteiger partial charge in [-0.05, 0) is 12.1 Å². The highest BCUT2D eigenvalue weighted by atomic mass is 35.5. The molecule has 0 bridgehead atoms. The number of benzene rings is 1. The molecule has 0 radical (unpaired) electrons. The summed E-state index contributed by atoms with van der Waals surface area (Å²) in [6.07, 6.45) is 1.73. The number of fused-ring (bicyclic) bond motifs is 1. The van der Waals surface area contributed by atoms with Crippen LogP contribution in [0.3, 0.4) is 0 Å². The van der Waals surface area contributed by atoms with Gasteiger partial charge in [-0.3, -0.25) is 4.68 Å². The third-order valence-electron chi connectivity index (χ3n) is 1.94. The largest absolute Gasteiger partial charge is 0.707 e. The molecule has 2 rings (SSSR count). The minimum Gasteiger partial charge on any atom is -0.511 e. The molecule has 0 aliphatic carbocycles. The molecule has 2 aromatic rings. The van der Waals surface area contributed by atoms with E-state index in [0.29, 0.717) is 10.4 Å². The van der Waals surface area contributed by atoms with E-state index in [4.69, 9.17) is 26.3 Å². The fourth-order valence-electron chi connectivity index (χ4n) is 1.36. The summed E-state index contributed by atoms with van der Waals surface area (Å²) in [6, 6.07) is 3.23. The highest BCUT2D eigenvalue weighted by Crippen LogP contribution is 2.32. The molecule has 0 fully saturated rings. The van der Waals surface area contributed by atoms with Crippen LogP contribution >= 0.6 is 11.6 Å². The third-order valence-corrected chi connectivity index (χ3v) is 2.32. The Bertz CT molecular complexity index is 500. The number of hydrogen-bond acceptors (Lipinski definition) is 4. The minimum absolute atomic E-state index is 0.215. The second kappa shape index (κ2) is 3.73. The summed E-state index contributed by atoms with van der Waals surface area (Å²) in [7, 11) is -0.103. The summed E-state index contributed by atoms with van der Waals surface area (Å²) in [5, 5.41) is 22.5. The van der Waals surface area contributed by atoms with Crippen LogP contribution in [0.25, 0.3) is 10.9 Å². The van der Waals surface area contributed by atoms with E-state index in [9.17, 15) is 0 Å². The summed E-state index contributed by atoms with van der Waals surface area (Å²) in [6.45, 7) is 0. The van der Waals surface area contributed by atoms with Gasteiger partial charge in [0.05, 0.1) is 10.5 Å². The Kier molecular flexibility index (Phi) is 2.56. The molecular weight excluding hydrogens is 218 g/mol. The first-order chi connectivity index (χ1) is 7.08. The average Bonchev–Trinajstić information content (AvgIpc) is 2.51. The molecule has 1 aromatic carbocycles. The van der Waals surface area contributed by atoms with Gasteiger partial charge in [0.15, 0.2) is 0 Å². The van der Waals surface area contributed by atoms with Gasteiger partial charge in [-0.15, -0.1) is 0 Å². The number of nitrogens with zero attached hydrogens (tertiary/aromatic N) is 2. The van der Waals surface area contributed by atoms with E-state index >= 15 is 0 Å². The second-order valence-corrected chi connectivity index (χ2v) is 3.44. The van der Waals surface area contributed by atoms with Crippen LogP contribution in [0, 0.1) is 0 Å². The van der Waals surface area contributed by atoms with Crippen molar-refractivity contribution in [3.05, 3.63) is 23.4 Å². The molecule has 0 saturated heterocycles. The second-order valence-electron chi connectivity index (χ2n) is 3.06. The highest BCUT2D eigenvalue weighted by molar-refractivity contribution is 6.38. The van der Waals surface area contributed by atoms with Crippen LogP contribution in [0.4, 0.5) is 0 Å². The number of aromatic nitrogens is 2. The summed E-state index contributed by atoms with van der Waals surface area (Å²) in [5.74, 6) is 0.215. The van der Waals surface area contributed by atoms with Crippen LogP contribution in [0.2, 0.25) is 5.02 Å². The van der Waals surface area contributed by atoms with Gasteiger partial charge >= 0.3 is 7.32 Å². The predicted octanol–water partition coefficient (Wildman–Crippen LogP) is 0.575. The van der Waals surface area contributed by atoms with Crippen LogP contribution in [0.1, 0.15) is 0 Å². The van der Waals surface area contributed by atoms with E-state index < -0.39 is 7.32 Å². The van der Waals surface area contributed by atoms with E-state index in [-0.39, 0.29) is 5.75 Å². The van der Waals surface area contributed by atoms with Gasteiger partial charge < -0.3 is 14.7 Å². The standard InChI is InChI=1S/C8H8BClN2O3/c1-12-4-5-6(11-12)2-3-7(8(5)10)15-9(13)14/h2-4,13-14H,1H3. The van der Waals surface area contributed by atoms with Gasteiger partial charge in [-0.2, -0.15) is 5.10 Å². The molecule has 5 nitrogen and oxygen atoms in total. The summed E-state index contributed by atoms with van der Waals surface area (Å²) >= 11 is 6.00. The van der Waals surface area contributed by atoms with Gasteiger partial charge in [0.25, 0.3) is 0 Å². The van der Waals surface area contributed by atoms with E-state index in [1.807, 2.05) is 0 Å². The number of rotatable bonds is 2. The predicted molar refractivity (Wildman–Crippen MR) is 56.5 cm³/mol. The van der Waals surface area contributed by atoms with E-state index in [0.717, 1.165) is 5.52 Å². The summed E-state index contributed by atoms with van der Waals surface area (Å²) in [5.41, 5.74) is 0.724. The Hall–Kier alpha value is -1.24. The Morgan fingerprint density at radius 1 is 1.47 bits per heavy atom. The van der Waals surface area contributed by atoms with Gasteiger partial charge in [0.2, 0.25) is 0 Å². The molecule has 1 aromatic heterocycles. The molecule has 0 saturated carbocycles. The fourth-order valence-corrected chi connectivity index (χ4v) is 1.62. The van der Waals surface area contributed by atoms with Gasteiger partial charge in [0, 0.05) is 18.6 Å². The molecule has 0 spiro atoms. The summed E-state index contributed by atoms with van der Waals surface area (Å²) < 4.78 is 6.33. The molecule has 1 heterocycles. The van der Waals surface area contributed by atoms with Crippen molar-refractivity contribution in [2.75, 3.05) is 0 Å². The van der Waals surface area contributed by atoms with Gasteiger partial charge in [-0.25, -0.2) is 0 Å². The summed E-state index contributed by atoms with van der Waals surface area (Å²) in [4.78, 5) is 0. The zero-order valence-electron chi connectivity index (χ0n) is 7.88. The van der Waals surface area contributed by atoms with Gasteiger partial charge in [0.1, 0.15) is 5.75 Å². The van der Waals surface area contributed by atoms with Crippen molar-refractivity contribution >= 4 is 29.8 Å². The molecule has 0 aliphatic heterocycles. The van der Waals surface area contributed by atoms with Crippen LogP contribution in [-0.2, 0) is 7.05 Å². The van der Waals surface area contributed by atoms with Crippen LogP contribution in [0.15, 0.2) is 18.3 Å². The molecule has 0 unspecified atom stereocenters. The van der Waals surface area contributed by atoms with Crippen molar-refractivity contribution in [1.82, 2.24) is 9.78 Å². The first-order valence-corrected chi connectivity index (χ1v) is 4.60. The van der Waals surface area contributed by atoms with Crippen LogP contribution in [-0.4, -0.2) is 27.1 Å². The van der Waals surface area contributed by atoms with Gasteiger partial charge in [-0.1, -0.05) is 11.6 Å². The first-order valence-electron chi connectivity index (χ1n) is 4.22. The van der Waals surface area contributed by atoms with Crippen LogP contribution < -0.4 is 4.65 Å². The smallest absolute Gasteiger partial charge is 0.511 e. The molecule has 0 aliphatic rings. The lowest BCUT2D eigenvalue weighted by Crippen LogP contribution is -2.20. The van der Waals surface area contributed by atoms with Crippen molar-refractivity contribution in [3.63, 3.8) is 0 Å². The number of halogens is 1. The first kappa shape index (κ1) is 10.3. The molecule has 15 heavy (non-hydrogen) atoms. The lowest BCUT2D eigenvalue weighted by molar-refractivity contribution is 0.288. The maximum Gasteiger partial charge on any atom is 0.707 e. The zero-order valence-corrected chi connectivity index (χ0v) is 8.64. The Morgan fingerprint density at radius 2 is 2.20 bits per heavy atom. The highest BCUT2D eigenvalue weighted by Gasteiger charge is 2.16. The van der Waals surface area contributed by atoms with Crippen LogP contribution in [0.5, 0.6) is 5.75 Å². The lowest BCUT2D eigenvalue weighted by Gasteiger charge is -2.06. The molecule has 78 valence electrons. The van der Waals surface area contributed by atoms with Crippen molar-refractivity contribution < 1.29 is 14.7 Å². The Morgan fingerprint density at radius 3 is 2.87 bits per heavy atom. The van der Waals surface area contributed by atoms with E-state index in [1.54, 1.807) is 24.0 Å². The SMILES string of the molecule is Cn1cc2c(Cl)c(OB(O)O)ccc2n1. The van der Waals surface area contributed by atoms with E-state index in [1.165, 1.54) is 6.07 Å². The third kappa shape index (κ3) is 1.92. The van der Waals surface area contributed by atoms with Crippen molar-refractivity contribution in [1.29, 1.82) is 0 Å². The quantitative estimate of drug-likeness (QED) is 0.735. The fraction of sp³-hybridized carbons (Fsp3) is 0.125. The lowest BCUT2D eigenvalue weighted by atomic mass is 10.2. The van der Waals surface area contributed by atoms with Crippen molar-refractivity contribution in [2.45, 2.75) is 0 Å². The van der Waals surface area contributed by atoms with Crippen molar-refractivity contribution in [2.24, 2.45) is 7.05 Å². The maximum atomic E-state index is 8.66. The Labute approximate surface area is 91.0 Å². The molecule has 0 atom stereocenters. The monoisotopic (exact) mass is 226 g/mol. The number of hydrogen-bond donors (Lipinski definition) is 2. The zero-order chi connectivity index (χ0) is 11.0. The maximum absolute atomic E-state index is 8.66.